The fraction of sp³-hybridized carbons (Fsp3) is 0.357. The predicted molar refractivity (Wildman–Crippen MR) is 78.7 cm³/mol. The minimum Gasteiger partial charge on any atom is -0.476 e. The lowest BCUT2D eigenvalue weighted by molar-refractivity contribution is 0.0685. The molecule has 21 heavy (non-hydrogen) atoms. The summed E-state index contributed by atoms with van der Waals surface area (Å²) in [6.07, 6.45) is 1.53. The molecule has 0 aliphatic rings. The molecular weight excluding hydrogens is 288 g/mol. The van der Waals surface area contributed by atoms with Crippen LogP contribution in [-0.4, -0.2) is 31.0 Å². The van der Waals surface area contributed by atoms with E-state index in [-0.39, 0.29) is 11.6 Å². The summed E-state index contributed by atoms with van der Waals surface area (Å²) in [6, 6.07) is 1.86. The molecule has 2 aromatic heterocycles. The molecule has 6 nitrogen and oxygen atoms in total. The fourth-order valence-electron chi connectivity index (χ4n) is 1.73. The van der Waals surface area contributed by atoms with E-state index in [9.17, 15) is 9.90 Å². The first-order chi connectivity index (χ1) is 9.86. The standard InChI is InChI=1S/C14H16N4O2S/c1-7(2)12-15-6-10(11(18-12)13(19)20)21-14-16-8(3)5-9(4)17-14/h5-7H,1-4H3,(H,19,20). The molecule has 0 bridgehead atoms. The number of nitrogens with zero attached hydrogens (tertiary/aromatic N) is 4. The third-order valence-electron chi connectivity index (χ3n) is 2.66. The van der Waals surface area contributed by atoms with Crippen LogP contribution in [0.3, 0.4) is 0 Å². The van der Waals surface area contributed by atoms with Gasteiger partial charge in [0, 0.05) is 23.5 Å². The van der Waals surface area contributed by atoms with Gasteiger partial charge in [-0.2, -0.15) is 0 Å². The zero-order chi connectivity index (χ0) is 15.6. The van der Waals surface area contributed by atoms with Crippen LogP contribution >= 0.6 is 11.8 Å². The summed E-state index contributed by atoms with van der Waals surface area (Å²) in [5.74, 6) is -0.496. The van der Waals surface area contributed by atoms with Crippen molar-refractivity contribution in [2.45, 2.75) is 43.7 Å². The van der Waals surface area contributed by atoms with Crippen molar-refractivity contribution >= 4 is 17.7 Å². The fourth-order valence-corrected chi connectivity index (χ4v) is 2.64. The number of aryl methyl sites for hydroxylation is 2. The van der Waals surface area contributed by atoms with Crippen LogP contribution in [0, 0.1) is 13.8 Å². The van der Waals surface area contributed by atoms with Crippen LogP contribution in [0.1, 0.15) is 47.5 Å². The van der Waals surface area contributed by atoms with Gasteiger partial charge >= 0.3 is 5.97 Å². The van der Waals surface area contributed by atoms with Crippen molar-refractivity contribution in [3.8, 4) is 0 Å². The molecule has 0 atom stereocenters. The van der Waals surface area contributed by atoms with E-state index in [2.05, 4.69) is 19.9 Å². The van der Waals surface area contributed by atoms with Gasteiger partial charge in [-0.3, -0.25) is 0 Å². The number of aromatic nitrogens is 4. The van der Waals surface area contributed by atoms with Crippen LogP contribution in [-0.2, 0) is 0 Å². The van der Waals surface area contributed by atoms with Crippen LogP contribution in [0.4, 0.5) is 0 Å². The summed E-state index contributed by atoms with van der Waals surface area (Å²) in [6.45, 7) is 7.58. The zero-order valence-corrected chi connectivity index (χ0v) is 13.1. The van der Waals surface area contributed by atoms with Crippen LogP contribution in [0.5, 0.6) is 0 Å². The molecule has 2 aromatic rings. The number of carboxylic acids is 1. The molecule has 0 radical (unpaired) electrons. The molecule has 0 aromatic carbocycles. The van der Waals surface area contributed by atoms with E-state index in [4.69, 9.17) is 0 Å². The van der Waals surface area contributed by atoms with Crippen LogP contribution in [0.25, 0.3) is 0 Å². The first-order valence-electron chi connectivity index (χ1n) is 6.47. The van der Waals surface area contributed by atoms with Gasteiger partial charge in [0.05, 0.1) is 4.90 Å². The van der Waals surface area contributed by atoms with Crippen LogP contribution in [0.2, 0.25) is 0 Å². The lowest BCUT2D eigenvalue weighted by Crippen LogP contribution is -2.08. The highest BCUT2D eigenvalue weighted by Gasteiger charge is 2.17. The molecule has 2 rings (SSSR count). The van der Waals surface area contributed by atoms with E-state index in [0.29, 0.717) is 15.9 Å². The second kappa shape index (κ2) is 6.17. The highest BCUT2D eigenvalue weighted by molar-refractivity contribution is 7.99. The molecular formula is C14H16N4O2S. The van der Waals surface area contributed by atoms with Crippen LogP contribution < -0.4 is 0 Å². The molecule has 0 amide bonds. The Morgan fingerprint density at radius 2 is 1.81 bits per heavy atom. The minimum atomic E-state index is -1.08. The van der Waals surface area contributed by atoms with Gasteiger partial charge in [-0.15, -0.1) is 0 Å². The summed E-state index contributed by atoms with van der Waals surface area (Å²) in [4.78, 5) is 28.7. The Morgan fingerprint density at radius 3 is 2.33 bits per heavy atom. The number of carbonyl (C=O) groups is 1. The van der Waals surface area contributed by atoms with E-state index in [0.717, 1.165) is 23.1 Å². The molecule has 0 saturated heterocycles. The molecule has 0 saturated carbocycles. The Morgan fingerprint density at radius 1 is 1.19 bits per heavy atom. The van der Waals surface area contributed by atoms with Crippen molar-refractivity contribution in [3.63, 3.8) is 0 Å². The van der Waals surface area contributed by atoms with Gasteiger partial charge in [-0.1, -0.05) is 13.8 Å². The number of hydrogen-bond donors (Lipinski definition) is 1. The predicted octanol–water partition coefficient (Wildman–Crippen LogP) is 2.86. The van der Waals surface area contributed by atoms with Gasteiger partial charge in [-0.05, 0) is 31.7 Å². The normalized spacial score (nSPS) is 10.9. The van der Waals surface area contributed by atoms with E-state index in [1.165, 1.54) is 6.20 Å². The van der Waals surface area contributed by atoms with E-state index < -0.39 is 5.97 Å². The average Bonchev–Trinajstić information content (AvgIpc) is 2.37. The van der Waals surface area contributed by atoms with Gasteiger partial charge in [0.25, 0.3) is 0 Å². The van der Waals surface area contributed by atoms with Gasteiger partial charge in [0.15, 0.2) is 10.9 Å². The summed E-state index contributed by atoms with van der Waals surface area (Å²) >= 11 is 1.16. The maximum atomic E-state index is 11.4. The van der Waals surface area contributed by atoms with Gasteiger partial charge < -0.3 is 5.11 Å². The molecule has 0 aliphatic carbocycles. The smallest absolute Gasteiger partial charge is 0.355 e. The third-order valence-corrected chi connectivity index (χ3v) is 3.54. The topological polar surface area (TPSA) is 88.9 Å². The number of aromatic carboxylic acids is 1. The van der Waals surface area contributed by atoms with Gasteiger partial charge in [-0.25, -0.2) is 24.7 Å². The summed E-state index contributed by atoms with van der Waals surface area (Å²) < 4.78 is 0. The minimum absolute atomic E-state index is 0.0125. The second-order valence-corrected chi connectivity index (χ2v) is 5.95. The van der Waals surface area contributed by atoms with Crippen molar-refractivity contribution in [1.82, 2.24) is 19.9 Å². The number of hydrogen-bond acceptors (Lipinski definition) is 6. The monoisotopic (exact) mass is 304 g/mol. The second-order valence-electron chi connectivity index (χ2n) is 4.94. The number of rotatable bonds is 4. The molecule has 7 heteroatoms. The van der Waals surface area contributed by atoms with E-state index in [1.54, 1.807) is 0 Å². The molecule has 0 spiro atoms. The molecule has 1 N–H and O–H groups in total. The van der Waals surface area contributed by atoms with Crippen molar-refractivity contribution in [1.29, 1.82) is 0 Å². The SMILES string of the molecule is Cc1cc(C)nc(Sc2cnc(C(C)C)nc2C(=O)O)n1. The summed E-state index contributed by atoms with van der Waals surface area (Å²) in [5.41, 5.74) is 1.66. The van der Waals surface area contributed by atoms with Gasteiger partial charge in [0.2, 0.25) is 0 Å². The lowest BCUT2D eigenvalue weighted by atomic mass is 10.2. The Labute approximate surface area is 127 Å². The Bertz CT molecular complexity index is 668. The molecule has 0 fully saturated rings. The first kappa shape index (κ1) is 15.4. The molecule has 110 valence electrons. The molecule has 0 unspecified atom stereocenters. The Hall–Kier alpha value is -2.02. The van der Waals surface area contributed by atoms with Crippen LogP contribution in [0.15, 0.2) is 22.3 Å². The van der Waals surface area contributed by atoms with Gasteiger partial charge in [0.1, 0.15) is 5.82 Å². The van der Waals surface area contributed by atoms with Crippen molar-refractivity contribution in [2.75, 3.05) is 0 Å². The summed E-state index contributed by atoms with van der Waals surface area (Å²) in [5, 5.41) is 9.81. The lowest BCUT2D eigenvalue weighted by Gasteiger charge is -2.08. The third kappa shape index (κ3) is 3.75. The largest absolute Gasteiger partial charge is 0.476 e. The average molecular weight is 304 g/mol. The van der Waals surface area contributed by atoms with Crippen molar-refractivity contribution < 1.29 is 9.90 Å². The Balaban J connectivity index is 2.41. The maximum absolute atomic E-state index is 11.4. The van der Waals surface area contributed by atoms with E-state index in [1.807, 2.05) is 33.8 Å². The summed E-state index contributed by atoms with van der Waals surface area (Å²) in [7, 11) is 0. The quantitative estimate of drug-likeness (QED) is 0.869. The molecule has 0 aliphatic heterocycles. The first-order valence-corrected chi connectivity index (χ1v) is 7.29. The van der Waals surface area contributed by atoms with Crippen molar-refractivity contribution in [2.24, 2.45) is 0 Å². The Kier molecular flexibility index (Phi) is 4.52. The maximum Gasteiger partial charge on any atom is 0.355 e. The highest BCUT2D eigenvalue weighted by atomic mass is 32.2. The zero-order valence-electron chi connectivity index (χ0n) is 12.3. The van der Waals surface area contributed by atoms with Crippen molar-refractivity contribution in [3.05, 3.63) is 35.2 Å². The highest BCUT2D eigenvalue weighted by Crippen LogP contribution is 2.27. The number of carboxylic acid groups (broad SMARTS) is 1. The van der Waals surface area contributed by atoms with E-state index >= 15 is 0 Å². The molecule has 2 heterocycles.